The molecule has 11 heteroatoms. The van der Waals surface area contributed by atoms with E-state index < -0.39 is 33.1 Å². The molecule has 0 saturated heterocycles. The molecule has 0 aromatic heterocycles. The van der Waals surface area contributed by atoms with Gasteiger partial charge in [0.25, 0.3) is 0 Å². The van der Waals surface area contributed by atoms with Gasteiger partial charge < -0.3 is 24.3 Å². The molecule has 1 aromatic carbocycles. The molecular formula is C26H42FNO8S. The molecule has 1 rings (SSSR count). The average Bonchev–Trinajstić information content (AvgIpc) is 2.87. The number of hydrogen-bond acceptors (Lipinski definition) is 8. The summed E-state index contributed by atoms with van der Waals surface area (Å²) in [5.74, 6) is -0.473. The molecule has 1 amide bonds. The number of amides is 1. The van der Waals surface area contributed by atoms with E-state index in [0.29, 0.717) is 26.2 Å². The minimum atomic E-state index is -4.85. The molecule has 212 valence electrons. The highest BCUT2D eigenvalue weighted by molar-refractivity contribution is 7.86. The lowest BCUT2D eigenvalue weighted by molar-refractivity contribution is -0.0822. The van der Waals surface area contributed by atoms with Crippen molar-refractivity contribution in [2.75, 3.05) is 33.0 Å². The van der Waals surface area contributed by atoms with Crippen molar-refractivity contribution in [3.05, 3.63) is 29.8 Å². The summed E-state index contributed by atoms with van der Waals surface area (Å²) in [6, 6.07) is 4.37. The molecule has 0 bridgehead atoms. The number of carbonyl (C=O) groups excluding carboxylic acids is 2. The Morgan fingerprint density at radius 1 is 0.919 bits per heavy atom. The van der Waals surface area contributed by atoms with Gasteiger partial charge in [-0.05, 0) is 57.4 Å². The van der Waals surface area contributed by atoms with E-state index >= 15 is 0 Å². The normalized spacial score (nSPS) is 14.1. The Labute approximate surface area is 220 Å². The predicted molar refractivity (Wildman–Crippen MR) is 138 cm³/mol. The molecular weight excluding hydrogens is 505 g/mol. The van der Waals surface area contributed by atoms with E-state index in [-0.39, 0.29) is 30.9 Å². The van der Waals surface area contributed by atoms with Crippen LogP contribution in [0.5, 0.6) is 0 Å². The monoisotopic (exact) mass is 547 g/mol. The number of nitrogens with one attached hydrogen (secondary N) is 1. The molecule has 9 nitrogen and oxygen atoms in total. The van der Waals surface area contributed by atoms with E-state index in [2.05, 4.69) is 12.2 Å². The fourth-order valence-corrected chi connectivity index (χ4v) is 3.81. The van der Waals surface area contributed by atoms with Gasteiger partial charge in [-0.25, -0.2) is 4.79 Å². The van der Waals surface area contributed by atoms with Crippen LogP contribution in [0.4, 0.5) is 8.68 Å². The van der Waals surface area contributed by atoms with Gasteiger partial charge in [0.1, 0.15) is 6.10 Å². The van der Waals surface area contributed by atoms with Crippen LogP contribution < -0.4 is 5.32 Å². The second-order valence-electron chi connectivity index (χ2n) is 8.81. The number of unbranched alkanes of at least 4 members (excludes halogenated alkanes) is 2. The van der Waals surface area contributed by atoms with Crippen LogP contribution in [0, 0.1) is 0 Å². The highest BCUT2D eigenvalue weighted by Gasteiger charge is 2.20. The standard InChI is InChI=1S/C26H42FNO8S/c1-5-8-10-22(18-34-20(4)17-33-7-3)35-19-23(11-9-6-2)36-26(30)28-16-25(29)21-12-14-24(15-13-21)37(27,31)32/h12-15,20,22-23H,5-11,16-19H2,1-4H3,(H,28,30). The number of hydrogen-bond donors (Lipinski definition) is 1. The van der Waals surface area contributed by atoms with Gasteiger partial charge in [-0.15, -0.1) is 3.89 Å². The first-order valence-electron chi connectivity index (χ1n) is 12.9. The highest BCUT2D eigenvalue weighted by atomic mass is 32.3. The van der Waals surface area contributed by atoms with Gasteiger partial charge in [0, 0.05) is 12.2 Å². The van der Waals surface area contributed by atoms with Crippen LogP contribution in [0.15, 0.2) is 29.2 Å². The van der Waals surface area contributed by atoms with E-state index in [1.54, 1.807) is 0 Å². The Hall–Kier alpha value is -2.08. The zero-order valence-corrected chi connectivity index (χ0v) is 23.2. The topological polar surface area (TPSA) is 117 Å². The van der Waals surface area contributed by atoms with Gasteiger partial charge in [-0.1, -0.05) is 33.1 Å². The number of alkyl carbamates (subject to hydrolysis) is 1. The third-order valence-electron chi connectivity index (χ3n) is 5.53. The van der Waals surface area contributed by atoms with E-state index in [1.165, 1.54) is 12.1 Å². The Morgan fingerprint density at radius 2 is 1.51 bits per heavy atom. The van der Waals surface area contributed by atoms with Gasteiger partial charge in [-0.2, -0.15) is 8.42 Å². The lowest BCUT2D eigenvalue weighted by Crippen LogP contribution is -2.36. The van der Waals surface area contributed by atoms with Crippen molar-refractivity contribution in [2.45, 2.75) is 89.4 Å². The quantitative estimate of drug-likeness (QED) is 0.182. The van der Waals surface area contributed by atoms with Crippen molar-refractivity contribution in [1.82, 2.24) is 5.32 Å². The van der Waals surface area contributed by atoms with Gasteiger partial charge in [0.2, 0.25) is 0 Å². The fraction of sp³-hybridized carbons (Fsp3) is 0.692. The third kappa shape index (κ3) is 14.4. The number of Topliss-reactive ketones (excluding diaryl/α,β-unsaturated/α-hetero) is 1. The number of ether oxygens (including phenoxy) is 4. The molecule has 0 aliphatic carbocycles. The van der Waals surface area contributed by atoms with Crippen LogP contribution in [0.3, 0.4) is 0 Å². The molecule has 37 heavy (non-hydrogen) atoms. The first kappa shape index (κ1) is 32.9. The summed E-state index contributed by atoms with van der Waals surface area (Å²) in [6.45, 7) is 9.42. The molecule has 0 aliphatic heterocycles. The highest BCUT2D eigenvalue weighted by Crippen LogP contribution is 2.14. The van der Waals surface area contributed by atoms with E-state index in [1.807, 2.05) is 20.8 Å². The summed E-state index contributed by atoms with van der Waals surface area (Å²) in [4.78, 5) is 24.1. The molecule has 1 aromatic rings. The largest absolute Gasteiger partial charge is 0.444 e. The second kappa shape index (κ2) is 18.2. The van der Waals surface area contributed by atoms with Gasteiger partial charge in [0.05, 0.1) is 43.5 Å². The van der Waals surface area contributed by atoms with Crippen molar-refractivity contribution in [2.24, 2.45) is 0 Å². The van der Waals surface area contributed by atoms with Crippen molar-refractivity contribution in [3.63, 3.8) is 0 Å². The van der Waals surface area contributed by atoms with Crippen LogP contribution in [-0.4, -0.2) is 71.6 Å². The lowest BCUT2D eigenvalue weighted by atomic mass is 10.1. The van der Waals surface area contributed by atoms with E-state index in [4.69, 9.17) is 18.9 Å². The maximum atomic E-state index is 13.0. The Balaban J connectivity index is 2.61. The molecule has 3 atom stereocenters. The van der Waals surface area contributed by atoms with Crippen molar-refractivity contribution >= 4 is 22.1 Å². The van der Waals surface area contributed by atoms with Gasteiger partial charge >= 0.3 is 16.3 Å². The third-order valence-corrected chi connectivity index (χ3v) is 6.36. The Kier molecular flexibility index (Phi) is 16.2. The molecule has 0 saturated carbocycles. The van der Waals surface area contributed by atoms with Gasteiger partial charge in [-0.3, -0.25) is 4.79 Å². The first-order valence-corrected chi connectivity index (χ1v) is 14.3. The maximum absolute atomic E-state index is 13.0. The lowest BCUT2D eigenvalue weighted by Gasteiger charge is -2.24. The summed E-state index contributed by atoms with van der Waals surface area (Å²) in [5.41, 5.74) is 0.135. The first-order chi connectivity index (χ1) is 17.6. The minimum absolute atomic E-state index is 0.0549. The summed E-state index contributed by atoms with van der Waals surface area (Å²) in [6.07, 6.45) is 3.75. The SMILES string of the molecule is CCCCC(COC(C)COCC)OCC(CCCC)OC(=O)NCC(=O)c1ccc(S(=O)(=O)F)cc1. The number of carbonyl (C=O) groups is 2. The van der Waals surface area contributed by atoms with Crippen LogP contribution in [0.1, 0.15) is 76.6 Å². The van der Waals surface area contributed by atoms with Crippen molar-refractivity contribution in [1.29, 1.82) is 0 Å². The molecule has 3 unspecified atom stereocenters. The zero-order valence-electron chi connectivity index (χ0n) is 22.4. The molecule has 0 fully saturated rings. The minimum Gasteiger partial charge on any atom is -0.444 e. The molecule has 0 aliphatic rings. The zero-order chi connectivity index (χ0) is 27.7. The smallest absolute Gasteiger partial charge is 0.407 e. The summed E-state index contributed by atoms with van der Waals surface area (Å²) >= 11 is 0. The van der Waals surface area contributed by atoms with Crippen molar-refractivity contribution in [3.8, 4) is 0 Å². The maximum Gasteiger partial charge on any atom is 0.407 e. The predicted octanol–water partition coefficient (Wildman–Crippen LogP) is 4.83. The van der Waals surface area contributed by atoms with E-state index in [9.17, 15) is 21.9 Å². The molecule has 1 N–H and O–H groups in total. The van der Waals surface area contributed by atoms with Crippen molar-refractivity contribution < 1.29 is 40.8 Å². The molecule has 0 radical (unpaired) electrons. The van der Waals surface area contributed by atoms with Crippen LogP contribution >= 0.6 is 0 Å². The Morgan fingerprint density at radius 3 is 2.08 bits per heavy atom. The summed E-state index contributed by atoms with van der Waals surface area (Å²) in [7, 11) is -4.85. The van der Waals surface area contributed by atoms with Gasteiger partial charge in [0.15, 0.2) is 5.78 Å². The summed E-state index contributed by atoms with van der Waals surface area (Å²) in [5, 5.41) is 2.42. The number of halogens is 1. The van der Waals surface area contributed by atoms with Crippen LogP contribution in [0.25, 0.3) is 0 Å². The number of rotatable bonds is 20. The number of benzene rings is 1. The Bertz CT molecular complexity index is 894. The molecule has 0 heterocycles. The van der Waals surface area contributed by atoms with Crippen LogP contribution in [-0.2, 0) is 29.2 Å². The summed E-state index contributed by atoms with van der Waals surface area (Å²) < 4.78 is 57.7. The molecule has 0 spiro atoms. The van der Waals surface area contributed by atoms with Crippen LogP contribution in [0.2, 0.25) is 0 Å². The fourth-order valence-electron chi connectivity index (χ4n) is 3.35. The van der Waals surface area contributed by atoms with E-state index in [0.717, 1.165) is 44.2 Å². The second-order valence-corrected chi connectivity index (χ2v) is 10.2. The average molecular weight is 548 g/mol. The number of ketones is 1.